The summed E-state index contributed by atoms with van der Waals surface area (Å²) in [6.45, 7) is 2.21. The standard InChI is InChI=1S/C12H22N2O5S/c1-3-4-8-20(17,18)13-10-6-5-7-14(12(10)16)9-11(15)19-2/h10,13H,3-9H2,1-2H3/t10-/m0/s1. The molecule has 1 aliphatic heterocycles. The molecular formula is C12H22N2O5S. The predicted octanol–water partition coefficient (Wildman–Crippen LogP) is -0.130. The van der Waals surface area contributed by atoms with E-state index in [-0.39, 0.29) is 18.2 Å². The van der Waals surface area contributed by atoms with E-state index in [1.54, 1.807) is 0 Å². The first-order valence-electron chi connectivity index (χ1n) is 6.75. The number of rotatable bonds is 7. The van der Waals surface area contributed by atoms with Crippen molar-refractivity contribution in [2.24, 2.45) is 0 Å². The van der Waals surface area contributed by atoms with Gasteiger partial charge in [-0.1, -0.05) is 13.3 Å². The van der Waals surface area contributed by atoms with Gasteiger partial charge in [-0.3, -0.25) is 9.59 Å². The van der Waals surface area contributed by atoms with Crippen LogP contribution in [0.2, 0.25) is 0 Å². The Morgan fingerprint density at radius 2 is 2.20 bits per heavy atom. The SMILES string of the molecule is CCCCS(=O)(=O)N[C@H]1CCCN(CC(=O)OC)C1=O. The maximum Gasteiger partial charge on any atom is 0.325 e. The van der Waals surface area contributed by atoms with Crippen molar-refractivity contribution in [3.8, 4) is 0 Å². The maximum absolute atomic E-state index is 12.1. The minimum Gasteiger partial charge on any atom is -0.468 e. The fourth-order valence-corrected chi connectivity index (χ4v) is 3.48. The molecule has 8 heteroatoms. The zero-order chi connectivity index (χ0) is 15.2. The summed E-state index contributed by atoms with van der Waals surface area (Å²) in [5.41, 5.74) is 0. The van der Waals surface area contributed by atoms with Crippen LogP contribution in [-0.2, 0) is 24.3 Å². The highest BCUT2D eigenvalue weighted by atomic mass is 32.2. The molecule has 0 bridgehead atoms. The summed E-state index contributed by atoms with van der Waals surface area (Å²) in [4.78, 5) is 24.7. The number of likely N-dealkylation sites (tertiary alicyclic amines) is 1. The van der Waals surface area contributed by atoms with E-state index in [4.69, 9.17) is 0 Å². The van der Waals surface area contributed by atoms with Crippen LogP contribution >= 0.6 is 0 Å². The normalized spacial score (nSPS) is 20.0. The van der Waals surface area contributed by atoms with Crippen molar-refractivity contribution in [3.63, 3.8) is 0 Å². The lowest BCUT2D eigenvalue weighted by atomic mass is 10.1. The summed E-state index contributed by atoms with van der Waals surface area (Å²) in [7, 11) is -2.20. The van der Waals surface area contributed by atoms with E-state index in [0.29, 0.717) is 25.8 Å². The smallest absolute Gasteiger partial charge is 0.325 e. The average Bonchev–Trinajstić information content (AvgIpc) is 2.40. The molecule has 0 aromatic carbocycles. The van der Waals surface area contributed by atoms with Gasteiger partial charge in [0.1, 0.15) is 12.6 Å². The molecule has 1 atom stereocenters. The van der Waals surface area contributed by atoms with Crippen LogP contribution < -0.4 is 4.72 Å². The Hall–Kier alpha value is -1.15. The summed E-state index contributed by atoms with van der Waals surface area (Å²) < 4.78 is 30.6. The molecule has 116 valence electrons. The van der Waals surface area contributed by atoms with E-state index in [0.717, 1.165) is 6.42 Å². The third-order valence-electron chi connectivity index (χ3n) is 3.17. The highest BCUT2D eigenvalue weighted by Crippen LogP contribution is 2.13. The van der Waals surface area contributed by atoms with Gasteiger partial charge in [-0.05, 0) is 19.3 Å². The number of carbonyl (C=O) groups excluding carboxylic acids is 2. The van der Waals surface area contributed by atoms with E-state index < -0.39 is 22.0 Å². The highest BCUT2D eigenvalue weighted by molar-refractivity contribution is 7.89. The second kappa shape index (κ2) is 7.58. The Kier molecular flexibility index (Phi) is 6.41. The Morgan fingerprint density at radius 1 is 1.50 bits per heavy atom. The second-order valence-corrected chi connectivity index (χ2v) is 6.69. The minimum atomic E-state index is -3.45. The quantitative estimate of drug-likeness (QED) is 0.661. The van der Waals surface area contributed by atoms with Crippen LogP contribution in [0.1, 0.15) is 32.6 Å². The van der Waals surface area contributed by atoms with E-state index in [1.807, 2.05) is 6.92 Å². The van der Waals surface area contributed by atoms with Crippen LogP contribution in [0, 0.1) is 0 Å². The number of ether oxygens (including phenoxy) is 1. The minimum absolute atomic E-state index is 0.0181. The molecule has 0 spiro atoms. The molecule has 1 N–H and O–H groups in total. The van der Waals surface area contributed by atoms with Crippen LogP contribution in [0.4, 0.5) is 0 Å². The topological polar surface area (TPSA) is 92.8 Å². The van der Waals surface area contributed by atoms with Crippen LogP contribution in [0.5, 0.6) is 0 Å². The summed E-state index contributed by atoms with van der Waals surface area (Å²) in [5, 5.41) is 0. The van der Waals surface area contributed by atoms with E-state index >= 15 is 0 Å². The van der Waals surface area contributed by atoms with Crippen LogP contribution in [0.25, 0.3) is 0 Å². The number of piperidine rings is 1. The number of esters is 1. The van der Waals surface area contributed by atoms with Crippen LogP contribution in [0.3, 0.4) is 0 Å². The number of nitrogens with zero attached hydrogens (tertiary/aromatic N) is 1. The molecule has 1 saturated heterocycles. The van der Waals surface area contributed by atoms with Crippen molar-refractivity contribution in [1.82, 2.24) is 9.62 Å². The van der Waals surface area contributed by atoms with Crippen LogP contribution in [0.15, 0.2) is 0 Å². The van der Waals surface area contributed by atoms with Gasteiger partial charge in [0, 0.05) is 6.54 Å². The number of hydrogen-bond acceptors (Lipinski definition) is 5. The molecule has 0 aromatic heterocycles. The number of hydrogen-bond donors (Lipinski definition) is 1. The lowest BCUT2D eigenvalue weighted by Gasteiger charge is -2.31. The first kappa shape index (κ1) is 16.9. The Balaban J connectivity index is 2.62. The molecule has 0 saturated carbocycles. The van der Waals surface area contributed by atoms with E-state index in [9.17, 15) is 18.0 Å². The number of amides is 1. The van der Waals surface area contributed by atoms with Gasteiger partial charge in [-0.15, -0.1) is 0 Å². The van der Waals surface area contributed by atoms with Crippen molar-refractivity contribution >= 4 is 21.9 Å². The van der Waals surface area contributed by atoms with E-state index in [1.165, 1.54) is 12.0 Å². The van der Waals surface area contributed by atoms with Crippen molar-refractivity contribution in [3.05, 3.63) is 0 Å². The molecule has 1 amide bonds. The molecule has 0 aliphatic carbocycles. The molecule has 0 aromatic rings. The lowest BCUT2D eigenvalue weighted by Crippen LogP contribution is -2.53. The van der Waals surface area contributed by atoms with Gasteiger partial charge in [0.05, 0.1) is 12.9 Å². The number of nitrogens with one attached hydrogen (secondary N) is 1. The lowest BCUT2D eigenvalue weighted by molar-refractivity contribution is -0.148. The molecule has 0 radical (unpaired) electrons. The average molecular weight is 306 g/mol. The summed E-state index contributed by atoms with van der Waals surface area (Å²) in [6.07, 6.45) is 2.45. The van der Waals surface area contributed by atoms with Gasteiger partial charge in [-0.2, -0.15) is 0 Å². The molecular weight excluding hydrogens is 284 g/mol. The molecule has 20 heavy (non-hydrogen) atoms. The third kappa shape index (κ3) is 5.09. The predicted molar refractivity (Wildman–Crippen MR) is 73.4 cm³/mol. The maximum atomic E-state index is 12.1. The van der Waals surface area contributed by atoms with Gasteiger partial charge >= 0.3 is 5.97 Å². The largest absolute Gasteiger partial charge is 0.468 e. The monoisotopic (exact) mass is 306 g/mol. The van der Waals surface area contributed by atoms with Crippen molar-refractivity contribution in [2.45, 2.75) is 38.6 Å². The second-order valence-electron chi connectivity index (χ2n) is 4.82. The molecule has 1 aliphatic rings. The Morgan fingerprint density at radius 3 is 2.80 bits per heavy atom. The highest BCUT2D eigenvalue weighted by Gasteiger charge is 2.32. The van der Waals surface area contributed by atoms with Gasteiger partial charge in [0.2, 0.25) is 15.9 Å². The number of methoxy groups -OCH3 is 1. The summed E-state index contributed by atoms with van der Waals surface area (Å²) in [5.74, 6) is -0.848. The first-order chi connectivity index (χ1) is 9.39. The number of unbranched alkanes of at least 4 members (excludes halogenated alkanes) is 1. The number of carbonyl (C=O) groups is 2. The Bertz CT molecular complexity index is 449. The molecule has 7 nitrogen and oxygen atoms in total. The molecule has 1 heterocycles. The van der Waals surface area contributed by atoms with Gasteiger partial charge in [0.15, 0.2) is 0 Å². The van der Waals surface area contributed by atoms with Crippen molar-refractivity contribution in [1.29, 1.82) is 0 Å². The fourth-order valence-electron chi connectivity index (χ4n) is 2.04. The van der Waals surface area contributed by atoms with Gasteiger partial charge < -0.3 is 9.64 Å². The van der Waals surface area contributed by atoms with Gasteiger partial charge in [-0.25, -0.2) is 13.1 Å². The fraction of sp³-hybridized carbons (Fsp3) is 0.833. The summed E-state index contributed by atoms with van der Waals surface area (Å²) >= 11 is 0. The number of sulfonamides is 1. The van der Waals surface area contributed by atoms with Gasteiger partial charge in [0.25, 0.3) is 0 Å². The zero-order valence-corrected chi connectivity index (χ0v) is 12.7. The molecule has 1 fully saturated rings. The van der Waals surface area contributed by atoms with Crippen LogP contribution in [-0.4, -0.2) is 57.2 Å². The van der Waals surface area contributed by atoms with Crippen molar-refractivity contribution in [2.75, 3.05) is 26.0 Å². The summed E-state index contributed by atoms with van der Waals surface area (Å²) in [6, 6.07) is -0.768. The third-order valence-corrected chi connectivity index (χ3v) is 4.64. The first-order valence-corrected chi connectivity index (χ1v) is 8.40. The zero-order valence-electron chi connectivity index (χ0n) is 11.9. The molecule has 0 unspecified atom stereocenters. The Labute approximate surface area is 119 Å². The van der Waals surface area contributed by atoms with E-state index in [2.05, 4.69) is 9.46 Å². The van der Waals surface area contributed by atoms with Crippen molar-refractivity contribution < 1.29 is 22.7 Å². The molecule has 1 rings (SSSR count).